The van der Waals surface area contributed by atoms with Crippen molar-refractivity contribution in [2.75, 3.05) is 6.54 Å². The van der Waals surface area contributed by atoms with Gasteiger partial charge in [-0.05, 0) is 18.9 Å². The molecular formula is C13H17B3N2O2. The van der Waals surface area contributed by atoms with Gasteiger partial charge in [-0.2, -0.15) is 0 Å². The summed E-state index contributed by atoms with van der Waals surface area (Å²) >= 11 is 0. The third kappa shape index (κ3) is 6.19. The average molecular weight is 266 g/mol. The van der Waals surface area contributed by atoms with Crippen molar-refractivity contribution < 1.29 is 9.53 Å². The molecule has 0 fully saturated rings. The molecule has 0 saturated heterocycles. The van der Waals surface area contributed by atoms with Crippen molar-refractivity contribution in [3.63, 3.8) is 0 Å². The highest BCUT2D eigenvalue weighted by Crippen LogP contribution is 2.24. The summed E-state index contributed by atoms with van der Waals surface area (Å²) in [5.41, 5.74) is 5.70. The van der Waals surface area contributed by atoms with Crippen LogP contribution in [0, 0.1) is 0 Å². The molecule has 0 aliphatic rings. The molecule has 0 saturated carbocycles. The quantitative estimate of drug-likeness (QED) is 0.741. The number of rotatable bonds is 6. The summed E-state index contributed by atoms with van der Waals surface area (Å²) in [5, 5.41) is 1.23. The van der Waals surface area contributed by atoms with Crippen LogP contribution in [0.5, 0.6) is 0 Å². The van der Waals surface area contributed by atoms with Crippen LogP contribution in [0.25, 0.3) is 0 Å². The summed E-state index contributed by atoms with van der Waals surface area (Å²) < 4.78 is 5.11. The lowest BCUT2D eigenvalue weighted by atomic mass is 9.39. The SMILES string of the molecule is [B]C([B])([B])CC(C)(CN)NC(=O)OCc1ccccc1. The molecule has 1 atom stereocenters. The Bertz CT molecular complexity index is 437. The van der Waals surface area contributed by atoms with Gasteiger partial charge in [0.05, 0.1) is 29.1 Å². The standard InChI is InChI=1S/C13H17B3N2O2/c1-12(9-17,8-13(14,15)16)18-11(19)20-7-10-5-3-2-4-6-10/h2-6H,7-9,17H2,1H3,(H,18,19). The summed E-state index contributed by atoms with van der Waals surface area (Å²) in [6.07, 6.45) is -0.470. The second-order valence-corrected chi connectivity index (χ2v) is 5.24. The van der Waals surface area contributed by atoms with Crippen LogP contribution in [-0.2, 0) is 11.3 Å². The van der Waals surface area contributed by atoms with Crippen molar-refractivity contribution in [3.05, 3.63) is 35.9 Å². The number of nitrogens with one attached hydrogen (secondary N) is 1. The van der Waals surface area contributed by atoms with E-state index in [4.69, 9.17) is 34.0 Å². The second kappa shape index (κ2) is 6.89. The predicted octanol–water partition coefficient (Wildman–Crippen LogP) is 0.600. The first-order chi connectivity index (χ1) is 9.24. The topological polar surface area (TPSA) is 64.3 Å². The summed E-state index contributed by atoms with van der Waals surface area (Å²) in [6, 6.07) is 9.34. The maximum Gasteiger partial charge on any atom is 0.407 e. The van der Waals surface area contributed by atoms with Crippen molar-refractivity contribution >= 4 is 29.6 Å². The molecule has 1 unspecified atom stereocenters. The molecule has 1 rings (SSSR count). The van der Waals surface area contributed by atoms with Crippen LogP contribution >= 0.6 is 0 Å². The molecule has 1 amide bonds. The Morgan fingerprint density at radius 1 is 1.30 bits per heavy atom. The molecule has 6 radical (unpaired) electrons. The lowest BCUT2D eigenvalue weighted by Gasteiger charge is -2.36. The first-order valence-corrected chi connectivity index (χ1v) is 6.30. The van der Waals surface area contributed by atoms with Crippen molar-refractivity contribution in [1.82, 2.24) is 5.32 Å². The molecule has 1 aromatic carbocycles. The number of amides is 1. The van der Waals surface area contributed by atoms with E-state index in [-0.39, 0.29) is 19.6 Å². The van der Waals surface area contributed by atoms with E-state index in [0.717, 1.165) is 5.56 Å². The molecule has 0 heterocycles. The highest BCUT2D eigenvalue weighted by molar-refractivity contribution is 6.58. The maximum atomic E-state index is 11.8. The maximum absolute atomic E-state index is 11.8. The number of nitrogens with two attached hydrogens (primary N) is 1. The van der Waals surface area contributed by atoms with Crippen LogP contribution in [0.3, 0.4) is 0 Å². The second-order valence-electron chi connectivity index (χ2n) is 5.24. The molecule has 0 spiro atoms. The average Bonchev–Trinajstić information content (AvgIpc) is 2.35. The van der Waals surface area contributed by atoms with E-state index in [1.165, 1.54) is 0 Å². The smallest absolute Gasteiger partial charge is 0.407 e. The largest absolute Gasteiger partial charge is 0.445 e. The summed E-state index contributed by atoms with van der Waals surface area (Å²) in [5.74, 6) is 0. The van der Waals surface area contributed by atoms with Gasteiger partial charge in [-0.15, -0.1) is 5.11 Å². The van der Waals surface area contributed by atoms with Crippen LogP contribution in [0.4, 0.5) is 4.79 Å². The Morgan fingerprint density at radius 3 is 2.40 bits per heavy atom. The van der Waals surface area contributed by atoms with E-state index >= 15 is 0 Å². The van der Waals surface area contributed by atoms with E-state index in [9.17, 15) is 4.79 Å². The van der Waals surface area contributed by atoms with E-state index in [1.807, 2.05) is 30.3 Å². The zero-order chi connectivity index (χ0) is 15.2. The lowest BCUT2D eigenvalue weighted by Crippen LogP contribution is -2.53. The van der Waals surface area contributed by atoms with Crippen molar-refractivity contribution in [2.45, 2.75) is 30.6 Å². The number of hydrogen-bond donors (Lipinski definition) is 2. The molecular weight excluding hydrogens is 249 g/mol. The van der Waals surface area contributed by atoms with Crippen LogP contribution < -0.4 is 11.1 Å². The number of carbonyl (C=O) groups is 1. The molecule has 7 heteroatoms. The summed E-state index contributed by atoms with van der Waals surface area (Å²) in [4.78, 5) is 11.8. The summed E-state index contributed by atoms with van der Waals surface area (Å²) in [7, 11) is 16.6. The molecule has 3 N–H and O–H groups in total. The predicted molar refractivity (Wildman–Crippen MR) is 81.8 cm³/mol. The number of carbonyl (C=O) groups excluding carboxylic acids is 1. The summed E-state index contributed by atoms with van der Waals surface area (Å²) in [6.45, 7) is 2.02. The van der Waals surface area contributed by atoms with Gasteiger partial charge in [0.2, 0.25) is 0 Å². The fraction of sp³-hybridized carbons (Fsp3) is 0.462. The van der Waals surface area contributed by atoms with Crippen molar-refractivity contribution in [1.29, 1.82) is 0 Å². The zero-order valence-electron chi connectivity index (χ0n) is 11.6. The molecule has 0 bridgehead atoms. The van der Waals surface area contributed by atoms with E-state index < -0.39 is 16.7 Å². The molecule has 0 aliphatic heterocycles. The van der Waals surface area contributed by atoms with Crippen LogP contribution in [0.15, 0.2) is 30.3 Å². The number of hydrogen-bond acceptors (Lipinski definition) is 3. The highest BCUT2D eigenvalue weighted by Gasteiger charge is 2.30. The molecule has 4 nitrogen and oxygen atoms in total. The van der Waals surface area contributed by atoms with Crippen molar-refractivity contribution in [3.8, 4) is 0 Å². The van der Waals surface area contributed by atoms with Gasteiger partial charge >= 0.3 is 6.09 Å². The normalized spacial score (nSPS) is 14.3. The van der Waals surface area contributed by atoms with E-state index in [1.54, 1.807) is 6.92 Å². The zero-order valence-corrected chi connectivity index (χ0v) is 11.6. The van der Waals surface area contributed by atoms with Gasteiger partial charge in [-0.3, -0.25) is 0 Å². The minimum Gasteiger partial charge on any atom is -0.445 e. The van der Waals surface area contributed by atoms with Gasteiger partial charge in [0, 0.05) is 6.54 Å². The third-order valence-corrected chi connectivity index (χ3v) is 2.76. The molecule has 0 aromatic heterocycles. The lowest BCUT2D eigenvalue weighted by molar-refractivity contribution is 0.127. The molecule has 100 valence electrons. The Labute approximate surface area is 124 Å². The van der Waals surface area contributed by atoms with Gasteiger partial charge in [-0.25, -0.2) is 4.79 Å². The Balaban J connectivity index is 2.51. The first-order valence-electron chi connectivity index (χ1n) is 6.30. The third-order valence-electron chi connectivity index (χ3n) is 2.76. The van der Waals surface area contributed by atoms with Crippen LogP contribution in [-0.4, -0.2) is 41.7 Å². The first kappa shape index (κ1) is 16.7. The Hall–Kier alpha value is -1.36. The highest BCUT2D eigenvalue weighted by atomic mass is 16.5. The Kier molecular flexibility index (Phi) is 5.75. The fourth-order valence-corrected chi connectivity index (χ4v) is 1.85. The number of benzene rings is 1. The molecule has 0 aliphatic carbocycles. The van der Waals surface area contributed by atoms with Crippen LogP contribution in [0.1, 0.15) is 18.9 Å². The van der Waals surface area contributed by atoms with Gasteiger partial charge in [0.1, 0.15) is 6.61 Å². The van der Waals surface area contributed by atoms with Gasteiger partial charge in [-0.1, -0.05) is 30.3 Å². The Morgan fingerprint density at radius 2 is 1.90 bits per heavy atom. The van der Waals surface area contributed by atoms with Crippen molar-refractivity contribution in [2.24, 2.45) is 5.73 Å². The molecule has 20 heavy (non-hydrogen) atoms. The van der Waals surface area contributed by atoms with E-state index in [0.29, 0.717) is 0 Å². The van der Waals surface area contributed by atoms with Crippen LogP contribution in [0.2, 0.25) is 5.11 Å². The van der Waals surface area contributed by atoms with Gasteiger partial charge in [0.25, 0.3) is 0 Å². The van der Waals surface area contributed by atoms with Gasteiger partial charge in [0.15, 0.2) is 0 Å². The van der Waals surface area contributed by atoms with Gasteiger partial charge < -0.3 is 15.8 Å². The van der Waals surface area contributed by atoms with E-state index in [2.05, 4.69) is 5.32 Å². The number of alkyl carbamates (subject to hydrolysis) is 1. The minimum atomic E-state index is -1.42. The minimum absolute atomic E-state index is 0.122. The molecule has 1 aromatic rings. The fourth-order valence-electron chi connectivity index (χ4n) is 1.85. The monoisotopic (exact) mass is 266 g/mol. The number of ether oxygens (including phenoxy) is 1.